The fourth-order valence-corrected chi connectivity index (χ4v) is 7.96. The molecule has 2 atom stereocenters. The Balaban J connectivity index is 1.54. The normalized spacial score (nSPS) is 25.8. The lowest BCUT2D eigenvalue weighted by Gasteiger charge is -2.58. The number of rotatable bonds is 7. The van der Waals surface area contributed by atoms with Crippen molar-refractivity contribution in [2.24, 2.45) is 11.8 Å². The summed E-state index contributed by atoms with van der Waals surface area (Å²) in [5.74, 6) is -3.75. The molecule has 0 saturated heterocycles. The molecule has 3 aliphatic rings. The van der Waals surface area contributed by atoms with E-state index in [1.807, 2.05) is 0 Å². The van der Waals surface area contributed by atoms with E-state index in [0.29, 0.717) is 6.42 Å². The van der Waals surface area contributed by atoms with E-state index in [2.05, 4.69) is 10.0 Å². The number of amides is 1. The summed E-state index contributed by atoms with van der Waals surface area (Å²) in [5, 5.41) is 12.4. The van der Waals surface area contributed by atoms with Crippen molar-refractivity contribution >= 4 is 43.1 Å². The Hall–Kier alpha value is -2.12. The van der Waals surface area contributed by atoms with E-state index in [9.17, 15) is 35.5 Å². The third kappa shape index (κ3) is 5.01. The number of aryl methyl sites for hydroxylation is 1. The van der Waals surface area contributed by atoms with Gasteiger partial charge in [0.15, 0.2) is 21.5 Å². The third-order valence-electron chi connectivity index (χ3n) is 7.15. The zero-order chi connectivity index (χ0) is 26.6. The number of carbonyl (C=O) groups excluding carboxylic acids is 1. The molecule has 0 spiro atoms. The van der Waals surface area contributed by atoms with Crippen molar-refractivity contribution in [3.05, 3.63) is 58.1 Å². The van der Waals surface area contributed by atoms with Gasteiger partial charge in [-0.15, -0.1) is 0 Å². The number of carbonyl (C=O) groups is 1. The van der Waals surface area contributed by atoms with E-state index in [-0.39, 0.29) is 46.1 Å². The molecular weight excluding hydrogens is 538 g/mol. The van der Waals surface area contributed by atoms with E-state index in [0.717, 1.165) is 24.5 Å². The second-order valence-corrected chi connectivity index (χ2v) is 14.0. The van der Waals surface area contributed by atoms with Crippen LogP contribution in [0.1, 0.15) is 35.2 Å². The van der Waals surface area contributed by atoms with Gasteiger partial charge in [-0.1, -0.05) is 11.6 Å². The molecule has 3 saturated carbocycles. The number of halogens is 3. The maximum atomic E-state index is 13.6. The minimum atomic E-state index is -4.01. The Morgan fingerprint density at radius 3 is 2.31 bits per heavy atom. The number of aliphatic hydroxyl groups is 1. The topological polar surface area (TPSA) is 130 Å². The van der Waals surface area contributed by atoms with E-state index in [4.69, 9.17) is 11.6 Å². The quantitative estimate of drug-likeness (QED) is 0.476. The minimum Gasteiger partial charge on any atom is -0.388 e. The maximum absolute atomic E-state index is 13.6. The van der Waals surface area contributed by atoms with Crippen molar-refractivity contribution in [3.63, 3.8) is 0 Å². The standard InChI is InChI=1S/C23H25ClF2N2O6S2/c1-12-5-18(25)19(26)10-20(12)28-22(29)13-3-4-17(24)21(6-13)36(33,34)16-8-14-7-15(9-16)23(14,30)11-27-35(2,31)32/h3-6,10,14-16,27,30H,7-9,11H2,1-2H3,(H,28,29). The van der Waals surface area contributed by atoms with Crippen LogP contribution in [0.3, 0.4) is 0 Å². The number of sulfone groups is 1. The number of anilines is 1. The molecule has 0 aliphatic heterocycles. The molecular formula is C23H25ClF2N2O6S2. The number of fused-ring (bicyclic) bond motifs is 2. The van der Waals surface area contributed by atoms with Crippen LogP contribution >= 0.6 is 11.6 Å². The van der Waals surface area contributed by atoms with E-state index < -0.39 is 60.1 Å². The molecule has 0 radical (unpaired) electrons. The number of sulfonamides is 1. The molecule has 8 nitrogen and oxygen atoms in total. The van der Waals surface area contributed by atoms with Gasteiger partial charge in [-0.2, -0.15) is 0 Å². The van der Waals surface area contributed by atoms with Crippen LogP contribution in [0.2, 0.25) is 5.02 Å². The Labute approximate surface area is 213 Å². The Bertz CT molecular complexity index is 1440. The van der Waals surface area contributed by atoms with Crippen molar-refractivity contribution in [1.29, 1.82) is 0 Å². The molecule has 1 amide bonds. The Kier molecular flexibility index (Phi) is 6.97. The molecule has 2 aromatic carbocycles. The molecule has 13 heteroatoms. The lowest BCUT2D eigenvalue weighted by Crippen LogP contribution is -2.66. The number of benzene rings is 2. The van der Waals surface area contributed by atoms with Crippen LogP contribution in [0.4, 0.5) is 14.5 Å². The van der Waals surface area contributed by atoms with Crippen LogP contribution in [0.25, 0.3) is 0 Å². The summed E-state index contributed by atoms with van der Waals surface area (Å²) in [7, 11) is -7.53. The summed E-state index contributed by atoms with van der Waals surface area (Å²) in [5.41, 5.74) is -1.05. The molecule has 3 aliphatic carbocycles. The first-order valence-corrected chi connectivity index (χ1v) is 14.9. The molecule has 36 heavy (non-hydrogen) atoms. The van der Waals surface area contributed by atoms with Gasteiger partial charge in [-0.05, 0) is 67.9 Å². The van der Waals surface area contributed by atoms with Crippen LogP contribution in [0, 0.1) is 30.4 Å². The molecule has 2 unspecified atom stereocenters. The van der Waals surface area contributed by atoms with Crippen LogP contribution in [0.5, 0.6) is 0 Å². The van der Waals surface area contributed by atoms with E-state index in [1.54, 1.807) is 0 Å². The van der Waals surface area contributed by atoms with Gasteiger partial charge < -0.3 is 10.4 Å². The van der Waals surface area contributed by atoms with Crippen molar-refractivity contribution in [1.82, 2.24) is 4.72 Å². The number of hydrogen-bond acceptors (Lipinski definition) is 6. The van der Waals surface area contributed by atoms with Crippen molar-refractivity contribution in [2.75, 3.05) is 18.1 Å². The molecule has 3 fully saturated rings. The van der Waals surface area contributed by atoms with Gasteiger partial charge in [0.1, 0.15) is 0 Å². The SMILES string of the molecule is Cc1cc(F)c(F)cc1NC(=O)c1ccc(Cl)c(S(=O)(=O)C2CC3CC(C2)C3(O)CNS(C)(=O)=O)c1. The summed E-state index contributed by atoms with van der Waals surface area (Å²) < 4.78 is 79.1. The van der Waals surface area contributed by atoms with Crippen LogP contribution in [0.15, 0.2) is 35.2 Å². The van der Waals surface area contributed by atoms with Gasteiger partial charge in [-0.3, -0.25) is 4.79 Å². The minimum absolute atomic E-state index is 0.0348. The van der Waals surface area contributed by atoms with Gasteiger partial charge in [0, 0.05) is 23.9 Å². The lowest BCUT2D eigenvalue weighted by molar-refractivity contribution is -0.170. The molecule has 0 aromatic heterocycles. The molecule has 0 heterocycles. The number of nitrogens with one attached hydrogen (secondary N) is 2. The Morgan fingerprint density at radius 1 is 1.08 bits per heavy atom. The van der Waals surface area contributed by atoms with E-state index in [1.165, 1.54) is 19.1 Å². The predicted molar refractivity (Wildman–Crippen MR) is 130 cm³/mol. The van der Waals surface area contributed by atoms with Gasteiger partial charge in [0.25, 0.3) is 5.91 Å². The summed E-state index contributed by atoms with van der Waals surface area (Å²) in [6, 6.07) is 5.50. The monoisotopic (exact) mass is 562 g/mol. The van der Waals surface area contributed by atoms with Crippen molar-refractivity contribution < 1.29 is 35.5 Å². The Morgan fingerprint density at radius 2 is 1.69 bits per heavy atom. The van der Waals surface area contributed by atoms with Crippen LogP contribution in [-0.4, -0.2) is 51.5 Å². The first-order valence-electron chi connectivity index (χ1n) is 11.1. The zero-order valence-electron chi connectivity index (χ0n) is 19.4. The average molecular weight is 563 g/mol. The second kappa shape index (κ2) is 9.32. The molecule has 196 valence electrons. The van der Waals surface area contributed by atoms with Crippen molar-refractivity contribution in [3.8, 4) is 0 Å². The highest BCUT2D eigenvalue weighted by atomic mass is 35.5. The van der Waals surface area contributed by atoms with Crippen molar-refractivity contribution in [2.45, 2.75) is 41.9 Å². The molecule has 3 N–H and O–H groups in total. The predicted octanol–water partition coefficient (Wildman–Crippen LogP) is 3.03. The first-order chi connectivity index (χ1) is 16.6. The van der Waals surface area contributed by atoms with E-state index >= 15 is 0 Å². The highest BCUT2D eigenvalue weighted by molar-refractivity contribution is 7.92. The molecule has 2 bridgehead atoms. The average Bonchev–Trinajstić information content (AvgIpc) is 2.80. The highest BCUT2D eigenvalue weighted by Crippen LogP contribution is 2.55. The van der Waals surface area contributed by atoms with Gasteiger partial charge in [0.2, 0.25) is 10.0 Å². The fraction of sp³-hybridized carbons (Fsp3) is 0.435. The summed E-state index contributed by atoms with van der Waals surface area (Å²) >= 11 is 6.20. The smallest absolute Gasteiger partial charge is 0.255 e. The lowest BCUT2D eigenvalue weighted by atomic mass is 9.54. The summed E-state index contributed by atoms with van der Waals surface area (Å²) in [6.45, 7) is 1.30. The van der Waals surface area contributed by atoms with Crippen LogP contribution in [-0.2, 0) is 19.9 Å². The summed E-state index contributed by atoms with van der Waals surface area (Å²) in [6.07, 6.45) is 1.79. The largest absolute Gasteiger partial charge is 0.388 e. The number of hydrogen-bond donors (Lipinski definition) is 3. The fourth-order valence-electron chi connectivity index (χ4n) is 5.06. The summed E-state index contributed by atoms with van der Waals surface area (Å²) in [4.78, 5) is 12.5. The highest BCUT2D eigenvalue weighted by Gasteiger charge is 2.60. The van der Waals surface area contributed by atoms with Gasteiger partial charge >= 0.3 is 0 Å². The second-order valence-electron chi connectivity index (χ2n) is 9.53. The van der Waals surface area contributed by atoms with Gasteiger partial charge in [-0.25, -0.2) is 30.3 Å². The van der Waals surface area contributed by atoms with Gasteiger partial charge in [0.05, 0.1) is 27.0 Å². The third-order valence-corrected chi connectivity index (χ3v) is 10.5. The zero-order valence-corrected chi connectivity index (χ0v) is 21.8. The molecule has 5 rings (SSSR count). The van der Waals surface area contributed by atoms with Crippen LogP contribution < -0.4 is 10.0 Å². The first kappa shape index (κ1) is 26.9. The molecule has 2 aromatic rings. The maximum Gasteiger partial charge on any atom is 0.255 e.